The van der Waals surface area contributed by atoms with Gasteiger partial charge in [0.25, 0.3) is 5.91 Å². The van der Waals surface area contributed by atoms with E-state index in [4.69, 9.17) is 10.7 Å². The van der Waals surface area contributed by atoms with Crippen LogP contribution in [0.5, 0.6) is 0 Å². The van der Waals surface area contributed by atoms with Gasteiger partial charge in [0.1, 0.15) is 4.91 Å². The average molecular weight is 554 g/mol. The number of thioether (sulfide) groups is 2. The molecule has 2 N–H and O–H groups in total. The highest BCUT2D eigenvalue weighted by atomic mass is 32.2. The molecule has 1 amide bonds. The summed E-state index contributed by atoms with van der Waals surface area (Å²) in [5.41, 5.74) is 5.09. The lowest BCUT2D eigenvalue weighted by Crippen LogP contribution is -2.28. The highest BCUT2D eigenvalue weighted by Crippen LogP contribution is 2.50. The molecule has 0 spiro atoms. The van der Waals surface area contributed by atoms with Gasteiger partial charge < -0.3 is 10.2 Å². The fourth-order valence-electron chi connectivity index (χ4n) is 4.29. The van der Waals surface area contributed by atoms with E-state index in [1.54, 1.807) is 28.8 Å². The molecule has 0 unspecified atom stereocenters. The second kappa shape index (κ2) is 13.2. The summed E-state index contributed by atoms with van der Waals surface area (Å²) >= 11 is 2.90. The van der Waals surface area contributed by atoms with Crippen LogP contribution in [0.3, 0.4) is 0 Å². The zero-order chi connectivity index (χ0) is 27.8. The fraction of sp³-hybridized carbons (Fsp3) is 0.194. The number of nitrogens with one attached hydrogen (secondary N) is 2. The van der Waals surface area contributed by atoms with Gasteiger partial charge in [-0.3, -0.25) is 15.1 Å². The fourth-order valence-corrected chi connectivity index (χ4v) is 6.51. The van der Waals surface area contributed by atoms with E-state index in [0.29, 0.717) is 22.2 Å². The van der Waals surface area contributed by atoms with Gasteiger partial charge in [0.2, 0.25) is 0 Å². The topological polar surface area (TPSA) is 83.2 Å². The van der Waals surface area contributed by atoms with Crippen LogP contribution in [-0.4, -0.2) is 34.0 Å². The van der Waals surface area contributed by atoms with Crippen molar-refractivity contribution < 1.29 is 4.79 Å². The van der Waals surface area contributed by atoms with Crippen LogP contribution in [0.25, 0.3) is 5.70 Å². The molecule has 8 heteroatoms. The van der Waals surface area contributed by atoms with Crippen LogP contribution in [0.2, 0.25) is 0 Å². The molecule has 2 aliphatic heterocycles. The Morgan fingerprint density at radius 3 is 2.13 bits per heavy atom. The highest BCUT2D eigenvalue weighted by molar-refractivity contribution is 8.19. The van der Waals surface area contributed by atoms with Crippen molar-refractivity contribution in [2.75, 3.05) is 18.4 Å². The van der Waals surface area contributed by atoms with Gasteiger partial charge in [0, 0.05) is 23.7 Å². The van der Waals surface area contributed by atoms with E-state index in [1.807, 2.05) is 67.6 Å². The lowest BCUT2D eigenvalue weighted by atomic mass is 10.1. The van der Waals surface area contributed by atoms with Crippen molar-refractivity contribution in [1.82, 2.24) is 9.80 Å². The van der Waals surface area contributed by atoms with Gasteiger partial charge in [-0.1, -0.05) is 72.4 Å². The predicted octanol–water partition coefficient (Wildman–Crippen LogP) is 7.31. The average Bonchev–Trinajstić information content (AvgIpc) is 3.45. The summed E-state index contributed by atoms with van der Waals surface area (Å²) in [6.45, 7) is 8.34. The summed E-state index contributed by atoms with van der Waals surface area (Å²) in [6.07, 6.45) is 0. The molecular weight excluding hydrogens is 523 g/mol. The van der Waals surface area contributed by atoms with E-state index in [0.717, 1.165) is 40.6 Å². The Balaban J connectivity index is 0.000000270. The van der Waals surface area contributed by atoms with Crippen molar-refractivity contribution in [3.05, 3.63) is 116 Å². The van der Waals surface area contributed by atoms with Gasteiger partial charge in [-0.15, -0.1) is 0 Å². The number of hydrogen-bond acceptors (Lipinski definition) is 7. The Bertz CT molecular complexity index is 1430. The first-order chi connectivity index (χ1) is 19.0. The lowest BCUT2D eigenvalue weighted by Gasteiger charge is -2.23. The SMILES string of the molecule is CCN1C(c2ccccc2)=C(C)S/C1=C1\SC(=N)N(Cc2ccccc2)C1=O.CCNc1ccc(C#N)cc1. The molecule has 3 aromatic rings. The number of carbonyl (C=O) groups is 1. The van der Waals surface area contributed by atoms with Gasteiger partial charge in [-0.05, 0) is 67.9 Å². The zero-order valence-corrected chi connectivity index (χ0v) is 23.9. The first-order valence-electron chi connectivity index (χ1n) is 12.8. The zero-order valence-electron chi connectivity index (χ0n) is 22.3. The number of allylic oxidation sites excluding steroid dienone is 1. The maximum atomic E-state index is 13.2. The number of rotatable bonds is 6. The van der Waals surface area contributed by atoms with E-state index >= 15 is 0 Å². The first kappa shape index (κ1) is 28.1. The third-order valence-electron chi connectivity index (χ3n) is 6.12. The maximum Gasteiger partial charge on any atom is 0.269 e. The number of benzene rings is 3. The van der Waals surface area contributed by atoms with Crippen LogP contribution in [0.4, 0.5) is 5.69 Å². The number of amides is 1. The smallest absolute Gasteiger partial charge is 0.269 e. The van der Waals surface area contributed by atoms with Crippen LogP contribution in [0.1, 0.15) is 37.5 Å². The standard InChI is InChI=1S/C22H21N3OS2.C9H10N2/c1-3-24-18(17-12-8-5-9-13-17)15(2)27-21(24)19-20(26)25(22(23)28-19)14-16-10-6-4-7-11-16;1-2-11-9-5-3-8(7-10)4-6-9/h4-13,23H,3,14H2,1-2H3;3-6,11H,2H2,1H3/b21-19-,23-22?;. The Labute approximate surface area is 238 Å². The van der Waals surface area contributed by atoms with Gasteiger partial charge in [0.05, 0.1) is 28.9 Å². The summed E-state index contributed by atoms with van der Waals surface area (Å²) in [4.78, 5) is 18.8. The minimum absolute atomic E-state index is 0.0816. The van der Waals surface area contributed by atoms with Crippen LogP contribution < -0.4 is 5.32 Å². The van der Waals surface area contributed by atoms with E-state index in [1.165, 1.54) is 16.7 Å². The van der Waals surface area contributed by atoms with Crippen molar-refractivity contribution >= 4 is 46.0 Å². The monoisotopic (exact) mass is 553 g/mol. The van der Waals surface area contributed by atoms with Crippen molar-refractivity contribution in [3.63, 3.8) is 0 Å². The predicted molar refractivity (Wildman–Crippen MR) is 164 cm³/mol. The lowest BCUT2D eigenvalue weighted by molar-refractivity contribution is -0.122. The van der Waals surface area contributed by atoms with Gasteiger partial charge in [0.15, 0.2) is 5.17 Å². The third-order valence-corrected chi connectivity index (χ3v) is 8.35. The molecule has 1 saturated heterocycles. The summed E-state index contributed by atoms with van der Waals surface area (Å²) in [7, 11) is 0. The molecule has 3 aromatic carbocycles. The number of amidine groups is 1. The van der Waals surface area contributed by atoms with Crippen LogP contribution in [0, 0.1) is 16.7 Å². The minimum Gasteiger partial charge on any atom is -0.385 e. The van der Waals surface area contributed by atoms with Gasteiger partial charge in [-0.2, -0.15) is 5.26 Å². The van der Waals surface area contributed by atoms with E-state index in [9.17, 15) is 4.79 Å². The second-order valence-electron chi connectivity index (χ2n) is 8.76. The minimum atomic E-state index is -0.0816. The van der Waals surface area contributed by atoms with Crippen molar-refractivity contribution in [1.29, 1.82) is 10.7 Å². The number of carbonyl (C=O) groups excluding carboxylic acids is 1. The van der Waals surface area contributed by atoms with Crippen LogP contribution in [-0.2, 0) is 11.3 Å². The summed E-state index contributed by atoms with van der Waals surface area (Å²) in [5, 5.41) is 21.2. The number of anilines is 1. The van der Waals surface area contributed by atoms with E-state index in [2.05, 4.69) is 42.3 Å². The Kier molecular flexibility index (Phi) is 9.53. The Morgan fingerprint density at radius 2 is 1.54 bits per heavy atom. The van der Waals surface area contributed by atoms with Crippen molar-refractivity contribution in [2.45, 2.75) is 27.3 Å². The van der Waals surface area contributed by atoms with E-state index < -0.39 is 0 Å². The van der Waals surface area contributed by atoms with Gasteiger partial charge in [-0.25, -0.2) is 0 Å². The molecule has 6 nitrogen and oxygen atoms in total. The molecule has 39 heavy (non-hydrogen) atoms. The summed E-state index contributed by atoms with van der Waals surface area (Å²) in [6, 6.07) is 29.6. The molecule has 0 radical (unpaired) electrons. The second-order valence-corrected chi connectivity index (χ2v) is 11.0. The number of hydrogen-bond donors (Lipinski definition) is 2. The quantitative estimate of drug-likeness (QED) is 0.311. The molecule has 1 fully saturated rings. The van der Waals surface area contributed by atoms with Crippen LogP contribution >= 0.6 is 23.5 Å². The largest absolute Gasteiger partial charge is 0.385 e. The normalized spacial score (nSPS) is 16.8. The molecule has 0 atom stereocenters. The third kappa shape index (κ3) is 6.56. The molecule has 2 heterocycles. The molecule has 0 saturated carbocycles. The molecule has 198 valence electrons. The van der Waals surface area contributed by atoms with E-state index in [-0.39, 0.29) is 5.91 Å². The molecule has 2 aliphatic rings. The summed E-state index contributed by atoms with van der Waals surface area (Å²) < 4.78 is 0. The Morgan fingerprint density at radius 1 is 0.897 bits per heavy atom. The summed E-state index contributed by atoms with van der Waals surface area (Å²) in [5.74, 6) is -0.0816. The van der Waals surface area contributed by atoms with Crippen LogP contribution in [0.15, 0.2) is 99.8 Å². The molecular formula is C31H31N5OS2. The molecule has 0 aliphatic carbocycles. The molecule has 5 rings (SSSR count). The van der Waals surface area contributed by atoms with Crippen molar-refractivity contribution in [2.24, 2.45) is 0 Å². The maximum absolute atomic E-state index is 13.2. The molecule has 0 bridgehead atoms. The Hall–Kier alpha value is -3.93. The highest BCUT2D eigenvalue weighted by Gasteiger charge is 2.39. The number of nitrogens with zero attached hydrogens (tertiary/aromatic N) is 3. The molecule has 0 aromatic heterocycles. The van der Waals surface area contributed by atoms with Crippen molar-refractivity contribution in [3.8, 4) is 6.07 Å². The van der Waals surface area contributed by atoms with Gasteiger partial charge >= 0.3 is 0 Å². The first-order valence-corrected chi connectivity index (χ1v) is 14.4. The number of nitriles is 1.